The zero-order chi connectivity index (χ0) is 22.8. The molecule has 2 aliphatic rings. The summed E-state index contributed by atoms with van der Waals surface area (Å²) in [6.45, 7) is 6.63. The third kappa shape index (κ3) is 4.24. The molecule has 1 aromatic carbocycles. The van der Waals surface area contributed by atoms with Crippen molar-refractivity contribution < 1.29 is 23.6 Å². The summed E-state index contributed by atoms with van der Waals surface area (Å²) in [4.78, 5) is 23.8. The number of amides is 1. The highest BCUT2D eigenvalue weighted by molar-refractivity contribution is 5.97. The Morgan fingerprint density at radius 3 is 2.81 bits per heavy atom. The molecule has 2 aliphatic heterocycles. The van der Waals surface area contributed by atoms with Crippen molar-refractivity contribution in [2.45, 2.75) is 27.2 Å². The van der Waals surface area contributed by atoms with E-state index in [9.17, 15) is 4.79 Å². The van der Waals surface area contributed by atoms with E-state index in [1.165, 1.54) is 18.4 Å². The molecule has 2 aromatic rings. The number of fused-ring (bicyclic) bond motifs is 1. The van der Waals surface area contributed by atoms with Crippen LogP contribution in [-0.4, -0.2) is 42.7 Å². The van der Waals surface area contributed by atoms with E-state index in [-0.39, 0.29) is 0 Å². The SMILES string of the molecule is COC(=O)N1C=C(Nc2ccc(-c3ocnc3C)c(OC)c2)C2=NC(CC(C)C)=C[NH+]2C1. The standard InChI is InChI=1S/C23H27N5O4/c1-14(2)8-17-10-27-13-28(23(29)31-5)11-19(22(27)26-17)25-16-6-7-18(20(9-16)30-4)21-15(3)24-12-32-21/h6-7,9-12,14,25H,8,13H2,1-5H3/p+1. The Balaban J connectivity index is 1.66. The van der Waals surface area contributed by atoms with Crippen molar-refractivity contribution >= 4 is 17.6 Å². The number of carbonyl (C=O) groups is 1. The van der Waals surface area contributed by atoms with Crippen molar-refractivity contribution in [2.24, 2.45) is 10.9 Å². The molecule has 0 bridgehead atoms. The van der Waals surface area contributed by atoms with Gasteiger partial charge in [-0.2, -0.15) is 4.99 Å². The van der Waals surface area contributed by atoms with Gasteiger partial charge in [-0.05, 0) is 31.4 Å². The highest BCUT2D eigenvalue weighted by Crippen LogP contribution is 2.34. The van der Waals surface area contributed by atoms with Gasteiger partial charge in [0.2, 0.25) is 0 Å². The van der Waals surface area contributed by atoms with E-state index < -0.39 is 6.09 Å². The number of nitrogens with one attached hydrogen (secondary N) is 2. The molecule has 1 aromatic heterocycles. The number of anilines is 1. The van der Waals surface area contributed by atoms with Crippen LogP contribution >= 0.6 is 0 Å². The van der Waals surface area contributed by atoms with E-state index in [1.54, 1.807) is 13.3 Å². The molecule has 1 atom stereocenters. The Hall–Kier alpha value is -3.59. The van der Waals surface area contributed by atoms with Gasteiger partial charge >= 0.3 is 6.09 Å². The Labute approximate surface area is 187 Å². The summed E-state index contributed by atoms with van der Waals surface area (Å²) in [5.41, 5.74) is 4.12. The topological polar surface area (TPSA) is 93.6 Å². The molecular formula is C23H28N5O4+. The number of nitrogens with zero attached hydrogens (tertiary/aromatic N) is 3. The first-order valence-corrected chi connectivity index (χ1v) is 10.5. The monoisotopic (exact) mass is 438 g/mol. The summed E-state index contributed by atoms with van der Waals surface area (Å²) in [5.74, 6) is 2.64. The highest BCUT2D eigenvalue weighted by Gasteiger charge is 2.35. The molecule has 2 N–H and O–H groups in total. The van der Waals surface area contributed by atoms with Crippen LogP contribution in [0.3, 0.4) is 0 Å². The second kappa shape index (κ2) is 8.88. The molecule has 0 aliphatic carbocycles. The van der Waals surface area contributed by atoms with Gasteiger partial charge < -0.3 is 19.2 Å². The van der Waals surface area contributed by atoms with E-state index in [2.05, 4.69) is 30.3 Å². The van der Waals surface area contributed by atoms with Gasteiger partial charge in [0, 0.05) is 18.0 Å². The fourth-order valence-electron chi connectivity index (χ4n) is 3.84. The van der Waals surface area contributed by atoms with Crippen LogP contribution in [0, 0.1) is 12.8 Å². The summed E-state index contributed by atoms with van der Waals surface area (Å²) in [6.07, 6.45) is 5.67. The molecule has 0 radical (unpaired) electrons. The first kappa shape index (κ1) is 21.6. The third-order valence-corrected chi connectivity index (χ3v) is 5.28. The molecule has 168 valence electrons. The van der Waals surface area contributed by atoms with E-state index in [1.807, 2.05) is 25.1 Å². The molecule has 0 fully saturated rings. The molecule has 4 rings (SSSR count). The molecule has 0 saturated carbocycles. The quantitative estimate of drug-likeness (QED) is 0.720. The molecule has 1 unspecified atom stereocenters. The predicted octanol–water partition coefficient (Wildman–Crippen LogP) is 3.14. The molecule has 9 heteroatoms. The molecule has 0 saturated heterocycles. The number of benzene rings is 1. The maximum Gasteiger partial charge on any atom is 0.418 e. The van der Waals surface area contributed by atoms with Crippen molar-refractivity contribution in [3.63, 3.8) is 0 Å². The smallest absolute Gasteiger partial charge is 0.418 e. The predicted molar refractivity (Wildman–Crippen MR) is 120 cm³/mol. The average molecular weight is 439 g/mol. The van der Waals surface area contributed by atoms with Gasteiger partial charge in [0.1, 0.15) is 23.3 Å². The van der Waals surface area contributed by atoms with Crippen LogP contribution in [0.5, 0.6) is 5.75 Å². The third-order valence-electron chi connectivity index (χ3n) is 5.28. The van der Waals surface area contributed by atoms with Gasteiger partial charge in [-0.3, -0.25) is 0 Å². The molecule has 0 spiro atoms. The molecule has 32 heavy (non-hydrogen) atoms. The number of aryl methyl sites for hydroxylation is 1. The van der Waals surface area contributed by atoms with E-state index in [4.69, 9.17) is 18.9 Å². The second-order valence-corrected chi connectivity index (χ2v) is 8.17. The summed E-state index contributed by atoms with van der Waals surface area (Å²) < 4.78 is 16.1. The first-order valence-electron chi connectivity index (χ1n) is 10.5. The number of methoxy groups -OCH3 is 2. The Morgan fingerprint density at radius 1 is 1.34 bits per heavy atom. The van der Waals surface area contributed by atoms with Crippen LogP contribution < -0.4 is 15.0 Å². The zero-order valence-electron chi connectivity index (χ0n) is 18.9. The van der Waals surface area contributed by atoms with Crippen molar-refractivity contribution in [1.29, 1.82) is 0 Å². The lowest BCUT2D eigenvalue weighted by atomic mass is 10.1. The minimum Gasteiger partial charge on any atom is -0.496 e. The summed E-state index contributed by atoms with van der Waals surface area (Å²) in [6, 6.07) is 5.72. The number of allylic oxidation sites excluding steroid dienone is 1. The van der Waals surface area contributed by atoms with E-state index in [0.717, 1.165) is 45.5 Å². The maximum absolute atomic E-state index is 12.2. The van der Waals surface area contributed by atoms with E-state index >= 15 is 0 Å². The fraction of sp³-hybridized carbons (Fsp3) is 0.348. The number of hydrogen-bond acceptors (Lipinski definition) is 7. The van der Waals surface area contributed by atoms with Crippen molar-refractivity contribution in [3.8, 4) is 17.1 Å². The Bertz CT molecular complexity index is 1120. The first-order chi connectivity index (χ1) is 15.4. The van der Waals surface area contributed by atoms with Crippen molar-refractivity contribution in [3.05, 3.63) is 54.1 Å². The molecule has 1 amide bonds. The number of hydrogen-bond donors (Lipinski definition) is 2. The number of rotatable bonds is 6. The number of aliphatic imine (C=N–C) groups is 1. The maximum atomic E-state index is 12.2. The lowest BCUT2D eigenvalue weighted by molar-refractivity contribution is -0.756. The lowest BCUT2D eigenvalue weighted by Gasteiger charge is -2.27. The van der Waals surface area contributed by atoms with Crippen LogP contribution in [0.15, 0.2) is 57.8 Å². The van der Waals surface area contributed by atoms with Gasteiger partial charge in [0.15, 0.2) is 18.8 Å². The summed E-state index contributed by atoms with van der Waals surface area (Å²) >= 11 is 0. The van der Waals surface area contributed by atoms with Crippen molar-refractivity contribution in [2.75, 3.05) is 26.2 Å². The second-order valence-electron chi connectivity index (χ2n) is 8.17. The number of quaternary nitrogens is 1. The van der Waals surface area contributed by atoms with Crippen molar-refractivity contribution in [1.82, 2.24) is 9.88 Å². The van der Waals surface area contributed by atoms with Crippen LogP contribution in [0.4, 0.5) is 10.5 Å². The number of ether oxygens (including phenoxy) is 2. The number of oxazole rings is 1. The normalized spacial score (nSPS) is 17.5. The molecule has 9 nitrogen and oxygen atoms in total. The summed E-state index contributed by atoms with van der Waals surface area (Å²) in [7, 11) is 2.99. The molecule has 3 heterocycles. The van der Waals surface area contributed by atoms with E-state index in [0.29, 0.717) is 24.1 Å². The minimum atomic E-state index is -0.421. The average Bonchev–Trinajstić information content (AvgIpc) is 3.38. The van der Waals surface area contributed by atoms with Crippen LogP contribution in [0.2, 0.25) is 0 Å². The molecular weight excluding hydrogens is 410 g/mol. The largest absolute Gasteiger partial charge is 0.496 e. The van der Waals surface area contributed by atoms with Crippen LogP contribution in [0.1, 0.15) is 26.0 Å². The van der Waals surface area contributed by atoms with Gasteiger partial charge in [-0.15, -0.1) is 0 Å². The van der Waals surface area contributed by atoms with Gasteiger partial charge in [0.05, 0.1) is 25.5 Å². The highest BCUT2D eigenvalue weighted by atomic mass is 16.5. The Kier molecular flexibility index (Phi) is 6.00. The summed E-state index contributed by atoms with van der Waals surface area (Å²) in [5, 5.41) is 3.40. The minimum absolute atomic E-state index is 0.421. The van der Waals surface area contributed by atoms with Crippen LogP contribution in [-0.2, 0) is 4.74 Å². The zero-order valence-corrected chi connectivity index (χ0v) is 18.9. The number of amidine groups is 1. The fourth-order valence-corrected chi connectivity index (χ4v) is 3.84. The van der Waals surface area contributed by atoms with Gasteiger partial charge in [-0.1, -0.05) is 13.8 Å². The van der Waals surface area contributed by atoms with Crippen LogP contribution in [0.25, 0.3) is 11.3 Å². The van der Waals surface area contributed by atoms with Gasteiger partial charge in [-0.25, -0.2) is 19.6 Å². The number of aromatic nitrogens is 1. The number of carbonyl (C=O) groups excluding carboxylic acids is 1. The Morgan fingerprint density at radius 2 is 2.16 bits per heavy atom. The lowest BCUT2D eigenvalue weighted by Crippen LogP contribution is -3.12. The van der Waals surface area contributed by atoms with Gasteiger partial charge in [0.25, 0.3) is 5.84 Å².